The minimum atomic E-state index is -0.0414. The fourth-order valence-electron chi connectivity index (χ4n) is 1.11. The average Bonchev–Trinajstić information content (AvgIpc) is 2.52. The van der Waals surface area contributed by atoms with Crippen molar-refractivity contribution in [1.29, 1.82) is 5.26 Å². The van der Waals surface area contributed by atoms with Crippen molar-refractivity contribution in [3.8, 4) is 6.07 Å². The van der Waals surface area contributed by atoms with E-state index in [1.165, 1.54) is 10.4 Å². The Bertz CT molecular complexity index is 298. The molecule has 0 saturated heterocycles. The van der Waals surface area contributed by atoms with Crippen molar-refractivity contribution in [3.63, 3.8) is 0 Å². The van der Waals surface area contributed by atoms with Crippen LogP contribution in [-0.4, -0.2) is 12.6 Å². The summed E-state index contributed by atoms with van der Waals surface area (Å²) >= 11 is 1.79. The van der Waals surface area contributed by atoms with Gasteiger partial charge in [-0.3, -0.25) is 0 Å². The highest BCUT2D eigenvalue weighted by molar-refractivity contribution is 7.10. The van der Waals surface area contributed by atoms with E-state index >= 15 is 0 Å². The summed E-state index contributed by atoms with van der Waals surface area (Å²) in [6.45, 7) is 4.89. The van der Waals surface area contributed by atoms with Crippen LogP contribution in [0.2, 0.25) is 0 Å². The summed E-state index contributed by atoms with van der Waals surface area (Å²) in [5.74, 6) is 0. The van der Waals surface area contributed by atoms with Crippen LogP contribution in [0.3, 0.4) is 0 Å². The first-order valence-corrected chi connectivity index (χ1v) is 5.28. The van der Waals surface area contributed by atoms with Gasteiger partial charge in [0.1, 0.15) is 0 Å². The summed E-state index contributed by atoms with van der Waals surface area (Å²) in [7, 11) is 0. The number of hydrogen-bond donors (Lipinski definition) is 1. The maximum atomic E-state index is 8.54. The zero-order valence-electron chi connectivity index (χ0n) is 8.00. The van der Waals surface area contributed by atoms with Gasteiger partial charge < -0.3 is 5.32 Å². The highest BCUT2D eigenvalue weighted by Crippen LogP contribution is 2.15. The molecule has 2 nitrogen and oxygen atoms in total. The van der Waals surface area contributed by atoms with Crippen LogP contribution in [0.4, 0.5) is 0 Å². The lowest BCUT2D eigenvalue weighted by Gasteiger charge is -2.04. The predicted molar refractivity (Wildman–Crippen MR) is 55.8 cm³/mol. The number of thiophene rings is 1. The molecule has 0 aromatic carbocycles. The smallest absolute Gasteiger partial charge is 0.0924 e. The van der Waals surface area contributed by atoms with Gasteiger partial charge in [0, 0.05) is 11.4 Å². The minimum Gasteiger partial charge on any atom is -0.302 e. The van der Waals surface area contributed by atoms with Crippen LogP contribution in [0.5, 0.6) is 0 Å². The number of nitrogens with zero attached hydrogens (tertiary/aromatic N) is 1. The Hall–Kier alpha value is -0.850. The Kier molecular flexibility index (Phi) is 3.94. The molecule has 0 aliphatic heterocycles. The van der Waals surface area contributed by atoms with Gasteiger partial charge in [0.15, 0.2) is 0 Å². The van der Waals surface area contributed by atoms with Gasteiger partial charge in [-0.15, -0.1) is 11.3 Å². The van der Waals surface area contributed by atoms with Crippen LogP contribution in [0.1, 0.15) is 17.4 Å². The van der Waals surface area contributed by atoms with E-state index in [1.807, 2.05) is 6.92 Å². The molecule has 0 saturated carbocycles. The second-order valence-electron chi connectivity index (χ2n) is 3.08. The van der Waals surface area contributed by atoms with Crippen LogP contribution in [-0.2, 0) is 6.42 Å². The van der Waals surface area contributed by atoms with E-state index in [2.05, 4.69) is 29.8 Å². The number of aryl methyl sites for hydroxylation is 1. The Morgan fingerprint density at radius 2 is 2.46 bits per heavy atom. The van der Waals surface area contributed by atoms with Gasteiger partial charge in [0.2, 0.25) is 0 Å². The van der Waals surface area contributed by atoms with Gasteiger partial charge >= 0.3 is 0 Å². The van der Waals surface area contributed by atoms with Crippen molar-refractivity contribution < 1.29 is 0 Å². The van der Waals surface area contributed by atoms with Crippen LogP contribution in [0.15, 0.2) is 11.4 Å². The van der Waals surface area contributed by atoms with E-state index in [9.17, 15) is 0 Å². The molecule has 0 fully saturated rings. The molecule has 1 aromatic heterocycles. The standard InChI is InChI=1S/C10H14N2S/c1-8-4-6-13-10(8)3-5-12-9(2)7-11/h4,6,9,12H,3,5H2,1-2H3. The summed E-state index contributed by atoms with van der Waals surface area (Å²) in [6.07, 6.45) is 1.02. The third kappa shape index (κ3) is 3.17. The van der Waals surface area contributed by atoms with Crippen LogP contribution in [0, 0.1) is 18.3 Å². The molecule has 0 aliphatic rings. The summed E-state index contributed by atoms with van der Waals surface area (Å²) in [4.78, 5) is 1.41. The second kappa shape index (κ2) is 5.00. The van der Waals surface area contributed by atoms with Crippen molar-refractivity contribution in [1.82, 2.24) is 5.32 Å². The van der Waals surface area contributed by atoms with Crippen molar-refractivity contribution >= 4 is 11.3 Å². The molecule has 1 aromatic rings. The van der Waals surface area contributed by atoms with Gasteiger partial charge in [-0.2, -0.15) is 5.26 Å². The zero-order chi connectivity index (χ0) is 9.68. The molecule has 0 amide bonds. The summed E-state index contributed by atoms with van der Waals surface area (Å²) < 4.78 is 0. The lowest BCUT2D eigenvalue weighted by Crippen LogP contribution is -2.26. The number of rotatable bonds is 4. The van der Waals surface area contributed by atoms with Crippen LogP contribution < -0.4 is 5.32 Å². The molecule has 0 radical (unpaired) electrons. The largest absolute Gasteiger partial charge is 0.302 e. The van der Waals surface area contributed by atoms with E-state index in [0.29, 0.717) is 0 Å². The molecule has 1 rings (SSSR count). The van der Waals surface area contributed by atoms with Gasteiger partial charge in [0.25, 0.3) is 0 Å². The van der Waals surface area contributed by atoms with E-state index in [1.54, 1.807) is 11.3 Å². The SMILES string of the molecule is Cc1ccsc1CCNC(C)C#N. The van der Waals surface area contributed by atoms with Crippen LogP contribution in [0.25, 0.3) is 0 Å². The third-order valence-electron chi connectivity index (χ3n) is 1.96. The topological polar surface area (TPSA) is 35.8 Å². The lowest BCUT2D eigenvalue weighted by molar-refractivity contribution is 0.642. The van der Waals surface area contributed by atoms with Crippen molar-refractivity contribution in [3.05, 3.63) is 21.9 Å². The van der Waals surface area contributed by atoms with E-state index in [0.717, 1.165) is 13.0 Å². The second-order valence-corrected chi connectivity index (χ2v) is 4.08. The van der Waals surface area contributed by atoms with Gasteiger partial charge in [-0.05, 0) is 37.3 Å². The van der Waals surface area contributed by atoms with Gasteiger partial charge in [0.05, 0.1) is 12.1 Å². The first-order valence-electron chi connectivity index (χ1n) is 4.40. The quantitative estimate of drug-likeness (QED) is 0.796. The van der Waals surface area contributed by atoms with E-state index in [4.69, 9.17) is 5.26 Å². The van der Waals surface area contributed by atoms with Gasteiger partial charge in [-0.25, -0.2) is 0 Å². The number of hydrogen-bond acceptors (Lipinski definition) is 3. The number of nitriles is 1. The molecule has 1 unspecified atom stereocenters. The lowest BCUT2D eigenvalue weighted by atomic mass is 10.2. The Balaban J connectivity index is 2.29. The molecule has 70 valence electrons. The first kappa shape index (κ1) is 10.2. The van der Waals surface area contributed by atoms with Gasteiger partial charge in [-0.1, -0.05) is 0 Å². The number of nitrogens with one attached hydrogen (secondary N) is 1. The van der Waals surface area contributed by atoms with Crippen molar-refractivity contribution in [2.45, 2.75) is 26.3 Å². The molecular formula is C10H14N2S. The highest BCUT2D eigenvalue weighted by atomic mass is 32.1. The molecule has 0 spiro atoms. The average molecular weight is 194 g/mol. The molecule has 0 bridgehead atoms. The Labute approximate surface area is 83.2 Å². The maximum absolute atomic E-state index is 8.54. The predicted octanol–water partition coefficient (Wildman–Crippen LogP) is 2.10. The molecular weight excluding hydrogens is 180 g/mol. The Morgan fingerprint density at radius 3 is 3.00 bits per heavy atom. The maximum Gasteiger partial charge on any atom is 0.0924 e. The molecule has 1 N–H and O–H groups in total. The molecule has 1 atom stereocenters. The fourth-order valence-corrected chi connectivity index (χ4v) is 2.02. The molecule has 3 heteroatoms. The summed E-state index contributed by atoms with van der Waals surface area (Å²) in [5.41, 5.74) is 1.36. The van der Waals surface area contributed by atoms with E-state index < -0.39 is 0 Å². The first-order chi connectivity index (χ1) is 6.24. The summed E-state index contributed by atoms with van der Waals surface area (Å²) in [5, 5.41) is 13.8. The van der Waals surface area contributed by atoms with Crippen molar-refractivity contribution in [2.24, 2.45) is 0 Å². The Morgan fingerprint density at radius 1 is 1.69 bits per heavy atom. The molecule has 0 aliphatic carbocycles. The fraction of sp³-hybridized carbons (Fsp3) is 0.500. The summed E-state index contributed by atoms with van der Waals surface area (Å²) in [6, 6.07) is 4.24. The highest BCUT2D eigenvalue weighted by Gasteiger charge is 2.01. The minimum absolute atomic E-state index is 0.0414. The monoisotopic (exact) mass is 194 g/mol. The van der Waals surface area contributed by atoms with E-state index in [-0.39, 0.29) is 6.04 Å². The zero-order valence-corrected chi connectivity index (χ0v) is 8.82. The molecule has 13 heavy (non-hydrogen) atoms. The van der Waals surface area contributed by atoms with Crippen LogP contribution >= 0.6 is 11.3 Å². The molecule has 1 heterocycles. The van der Waals surface area contributed by atoms with Crippen molar-refractivity contribution in [2.75, 3.05) is 6.54 Å². The normalized spacial score (nSPS) is 12.4. The third-order valence-corrected chi connectivity index (χ3v) is 3.05.